The van der Waals surface area contributed by atoms with Gasteiger partial charge in [-0.1, -0.05) is 39.8 Å². The predicted molar refractivity (Wildman–Crippen MR) is 87.5 cm³/mol. The van der Waals surface area contributed by atoms with Gasteiger partial charge in [0.15, 0.2) is 0 Å². The molecule has 0 heterocycles. The van der Waals surface area contributed by atoms with Crippen molar-refractivity contribution in [3.05, 3.63) is 35.4 Å². The van der Waals surface area contributed by atoms with Gasteiger partial charge in [-0.05, 0) is 24.0 Å². The van der Waals surface area contributed by atoms with Crippen molar-refractivity contribution in [3.63, 3.8) is 0 Å². The summed E-state index contributed by atoms with van der Waals surface area (Å²) in [6.07, 6.45) is 1.01. The van der Waals surface area contributed by atoms with Gasteiger partial charge in [-0.25, -0.2) is 0 Å². The molecular formula is C18H28O3. The molecule has 0 unspecified atom stereocenters. The first-order chi connectivity index (χ1) is 9.93. The summed E-state index contributed by atoms with van der Waals surface area (Å²) >= 11 is 0. The van der Waals surface area contributed by atoms with Gasteiger partial charge in [-0.2, -0.15) is 0 Å². The molecule has 1 aromatic rings. The lowest BCUT2D eigenvalue weighted by molar-refractivity contribution is 0.142. The summed E-state index contributed by atoms with van der Waals surface area (Å²) in [5.74, 6) is 1.70. The van der Waals surface area contributed by atoms with E-state index in [0.29, 0.717) is 6.61 Å². The van der Waals surface area contributed by atoms with Crippen LogP contribution in [0.2, 0.25) is 0 Å². The molecule has 0 bridgehead atoms. The zero-order valence-corrected chi connectivity index (χ0v) is 14.2. The Balaban J connectivity index is 3.23. The van der Waals surface area contributed by atoms with Crippen molar-refractivity contribution in [3.8, 4) is 5.75 Å². The standard InChI is InChI=1S/C18H28O3/c1-7-11-21-13-16(18(2,3)4)17(20-6)14-9-8-10-15(12-14)19-5/h8-10,12H,7,11,13H2,1-6H3/b17-16-. The van der Waals surface area contributed by atoms with E-state index >= 15 is 0 Å². The number of methoxy groups -OCH3 is 2. The maximum absolute atomic E-state index is 5.76. The highest BCUT2D eigenvalue weighted by molar-refractivity contribution is 5.65. The molecule has 0 atom stereocenters. The fourth-order valence-corrected chi connectivity index (χ4v) is 2.12. The number of benzene rings is 1. The van der Waals surface area contributed by atoms with Crippen molar-refractivity contribution in [2.24, 2.45) is 5.41 Å². The molecule has 0 fully saturated rings. The van der Waals surface area contributed by atoms with Gasteiger partial charge in [0.25, 0.3) is 0 Å². The first-order valence-corrected chi connectivity index (χ1v) is 7.43. The van der Waals surface area contributed by atoms with E-state index in [4.69, 9.17) is 14.2 Å². The first-order valence-electron chi connectivity index (χ1n) is 7.43. The summed E-state index contributed by atoms with van der Waals surface area (Å²) < 4.78 is 16.8. The first kappa shape index (κ1) is 17.6. The van der Waals surface area contributed by atoms with Crippen molar-refractivity contribution in [2.75, 3.05) is 27.4 Å². The molecule has 0 saturated carbocycles. The van der Waals surface area contributed by atoms with Crippen LogP contribution >= 0.6 is 0 Å². The lowest BCUT2D eigenvalue weighted by Crippen LogP contribution is -2.18. The Morgan fingerprint density at radius 1 is 1.14 bits per heavy atom. The molecule has 0 aliphatic heterocycles. The van der Waals surface area contributed by atoms with Crippen LogP contribution in [0.1, 0.15) is 39.7 Å². The molecule has 0 spiro atoms. The number of rotatable bonds is 7. The minimum absolute atomic E-state index is 0.0256. The number of ether oxygens (including phenoxy) is 3. The third-order valence-corrected chi connectivity index (χ3v) is 3.31. The molecule has 1 aromatic carbocycles. The zero-order chi connectivity index (χ0) is 15.9. The Bertz CT molecular complexity index is 470. The van der Waals surface area contributed by atoms with Crippen LogP contribution in [0.3, 0.4) is 0 Å². The Labute approximate surface area is 128 Å². The molecular weight excluding hydrogens is 264 g/mol. The Hall–Kier alpha value is -1.48. The Kier molecular flexibility index (Phi) is 6.76. The second-order valence-corrected chi connectivity index (χ2v) is 6.05. The highest BCUT2D eigenvalue weighted by atomic mass is 16.5. The van der Waals surface area contributed by atoms with Crippen LogP contribution < -0.4 is 4.74 Å². The van der Waals surface area contributed by atoms with Crippen LogP contribution in [-0.4, -0.2) is 27.4 Å². The van der Waals surface area contributed by atoms with Crippen LogP contribution in [-0.2, 0) is 9.47 Å². The molecule has 0 amide bonds. The minimum Gasteiger partial charge on any atom is -0.497 e. The highest BCUT2D eigenvalue weighted by Crippen LogP contribution is 2.34. The number of hydrogen-bond acceptors (Lipinski definition) is 3. The highest BCUT2D eigenvalue weighted by Gasteiger charge is 2.23. The van der Waals surface area contributed by atoms with E-state index < -0.39 is 0 Å². The van der Waals surface area contributed by atoms with E-state index in [9.17, 15) is 0 Å². The molecule has 0 radical (unpaired) electrons. The molecule has 21 heavy (non-hydrogen) atoms. The second-order valence-electron chi connectivity index (χ2n) is 6.05. The maximum atomic E-state index is 5.76. The van der Waals surface area contributed by atoms with Gasteiger partial charge in [0, 0.05) is 17.7 Å². The van der Waals surface area contributed by atoms with E-state index in [1.165, 1.54) is 0 Å². The van der Waals surface area contributed by atoms with Crippen molar-refractivity contribution >= 4 is 5.76 Å². The van der Waals surface area contributed by atoms with Gasteiger partial charge in [-0.15, -0.1) is 0 Å². The van der Waals surface area contributed by atoms with Crippen LogP contribution in [0.4, 0.5) is 0 Å². The molecule has 0 aromatic heterocycles. The zero-order valence-electron chi connectivity index (χ0n) is 14.2. The summed E-state index contributed by atoms with van der Waals surface area (Å²) in [6, 6.07) is 7.93. The molecule has 0 N–H and O–H groups in total. The lowest BCUT2D eigenvalue weighted by Gasteiger charge is -2.26. The molecule has 3 heteroatoms. The van der Waals surface area contributed by atoms with Gasteiger partial charge < -0.3 is 14.2 Å². The van der Waals surface area contributed by atoms with Crippen LogP contribution in [0.25, 0.3) is 5.76 Å². The molecule has 1 rings (SSSR count). The fraction of sp³-hybridized carbons (Fsp3) is 0.556. The van der Waals surface area contributed by atoms with Crippen molar-refractivity contribution in [1.29, 1.82) is 0 Å². The summed E-state index contributed by atoms with van der Waals surface area (Å²) in [7, 11) is 3.38. The van der Waals surface area contributed by atoms with Crippen LogP contribution in [0.5, 0.6) is 5.75 Å². The second kappa shape index (κ2) is 8.08. The summed E-state index contributed by atoms with van der Waals surface area (Å²) in [5, 5.41) is 0. The molecule has 0 aliphatic carbocycles. The van der Waals surface area contributed by atoms with E-state index in [-0.39, 0.29) is 5.41 Å². The number of hydrogen-bond donors (Lipinski definition) is 0. The van der Waals surface area contributed by atoms with E-state index in [1.807, 2.05) is 24.3 Å². The largest absolute Gasteiger partial charge is 0.497 e. The maximum Gasteiger partial charge on any atom is 0.128 e. The fourth-order valence-electron chi connectivity index (χ4n) is 2.12. The Morgan fingerprint density at radius 3 is 2.38 bits per heavy atom. The molecule has 118 valence electrons. The molecule has 3 nitrogen and oxygen atoms in total. The monoisotopic (exact) mass is 292 g/mol. The van der Waals surface area contributed by atoms with Crippen LogP contribution in [0, 0.1) is 5.41 Å². The summed E-state index contributed by atoms with van der Waals surface area (Å²) in [5.41, 5.74) is 2.15. The van der Waals surface area contributed by atoms with E-state index in [2.05, 4.69) is 27.7 Å². The van der Waals surface area contributed by atoms with Gasteiger partial charge in [-0.3, -0.25) is 0 Å². The summed E-state index contributed by atoms with van der Waals surface area (Å²) in [4.78, 5) is 0. The van der Waals surface area contributed by atoms with Crippen molar-refractivity contribution in [1.82, 2.24) is 0 Å². The van der Waals surface area contributed by atoms with E-state index in [1.54, 1.807) is 14.2 Å². The molecule has 0 saturated heterocycles. The Morgan fingerprint density at radius 2 is 1.86 bits per heavy atom. The van der Waals surface area contributed by atoms with E-state index in [0.717, 1.165) is 35.7 Å². The third kappa shape index (κ3) is 5.09. The predicted octanol–water partition coefficient (Wildman–Crippen LogP) is 4.53. The molecule has 0 aliphatic rings. The summed E-state index contributed by atoms with van der Waals surface area (Å²) in [6.45, 7) is 9.98. The topological polar surface area (TPSA) is 27.7 Å². The van der Waals surface area contributed by atoms with Gasteiger partial charge in [0.2, 0.25) is 0 Å². The van der Waals surface area contributed by atoms with Crippen molar-refractivity contribution in [2.45, 2.75) is 34.1 Å². The minimum atomic E-state index is -0.0256. The SMILES string of the molecule is CCCOC/C(=C(/OC)c1cccc(OC)c1)C(C)(C)C. The van der Waals surface area contributed by atoms with Gasteiger partial charge >= 0.3 is 0 Å². The smallest absolute Gasteiger partial charge is 0.128 e. The average Bonchev–Trinajstić information content (AvgIpc) is 2.45. The normalized spacial score (nSPS) is 12.9. The lowest BCUT2D eigenvalue weighted by atomic mass is 9.84. The average molecular weight is 292 g/mol. The third-order valence-electron chi connectivity index (χ3n) is 3.31. The van der Waals surface area contributed by atoms with Crippen molar-refractivity contribution < 1.29 is 14.2 Å². The van der Waals surface area contributed by atoms with Crippen LogP contribution in [0.15, 0.2) is 29.8 Å². The quantitative estimate of drug-likeness (QED) is 0.546. The van der Waals surface area contributed by atoms with Gasteiger partial charge in [0.1, 0.15) is 11.5 Å². The van der Waals surface area contributed by atoms with Gasteiger partial charge in [0.05, 0.1) is 20.8 Å².